The highest BCUT2D eigenvalue weighted by Gasteiger charge is 2.16. The van der Waals surface area contributed by atoms with Crippen molar-refractivity contribution in [3.8, 4) is 5.69 Å². The lowest BCUT2D eigenvalue weighted by Gasteiger charge is -2.28. The topological polar surface area (TPSA) is 49.6 Å². The standard InChI is InChI=1S/C32H34N4O/c1-22-9-14-31(23(2)17-22)36-24(3)18-30(25(36)4)19-33-34-32(37)28-12-10-26(11-13-28)20-35-16-15-27-7-5-6-8-29(27)21-35/h5-14,17-19H,15-16,20-21H2,1-4H3,(H,34,37)/b33-19-. The maximum absolute atomic E-state index is 12.7. The summed E-state index contributed by atoms with van der Waals surface area (Å²) in [6.45, 7) is 11.3. The van der Waals surface area contributed by atoms with Crippen LogP contribution in [0, 0.1) is 27.7 Å². The lowest BCUT2D eigenvalue weighted by atomic mass is 9.99. The smallest absolute Gasteiger partial charge is 0.271 e. The van der Waals surface area contributed by atoms with Crippen LogP contribution >= 0.6 is 0 Å². The number of rotatable bonds is 6. The lowest BCUT2D eigenvalue weighted by molar-refractivity contribution is 0.0955. The minimum Gasteiger partial charge on any atom is -0.318 e. The van der Waals surface area contributed by atoms with E-state index in [-0.39, 0.29) is 5.91 Å². The van der Waals surface area contributed by atoms with Gasteiger partial charge in [-0.2, -0.15) is 5.10 Å². The van der Waals surface area contributed by atoms with Crippen molar-refractivity contribution in [3.05, 3.63) is 123 Å². The van der Waals surface area contributed by atoms with Crippen molar-refractivity contribution in [1.82, 2.24) is 14.9 Å². The van der Waals surface area contributed by atoms with E-state index in [1.807, 2.05) is 24.3 Å². The Hall–Kier alpha value is -3.96. The first kappa shape index (κ1) is 24.7. The maximum Gasteiger partial charge on any atom is 0.271 e. The van der Waals surface area contributed by atoms with Crippen LogP contribution in [-0.2, 0) is 19.5 Å². The zero-order chi connectivity index (χ0) is 25.9. The molecule has 5 nitrogen and oxygen atoms in total. The van der Waals surface area contributed by atoms with Crippen LogP contribution in [-0.4, -0.2) is 28.1 Å². The zero-order valence-electron chi connectivity index (χ0n) is 22.1. The van der Waals surface area contributed by atoms with E-state index in [4.69, 9.17) is 0 Å². The van der Waals surface area contributed by atoms with Gasteiger partial charge in [-0.05, 0) is 80.6 Å². The summed E-state index contributed by atoms with van der Waals surface area (Å²) >= 11 is 0. The highest BCUT2D eigenvalue weighted by Crippen LogP contribution is 2.23. The summed E-state index contributed by atoms with van der Waals surface area (Å²) in [4.78, 5) is 15.1. The summed E-state index contributed by atoms with van der Waals surface area (Å²) < 4.78 is 2.23. The number of aryl methyl sites for hydroxylation is 3. The van der Waals surface area contributed by atoms with E-state index in [0.29, 0.717) is 5.56 Å². The number of nitrogens with one attached hydrogen (secondary N) is 1. The summed E-state index contributed by atoms with van der Waals surface area (Å²) in [6, 6.07) is 25.1. The van der Waals surface area contributed by atoms with Crippen LogP contribution in [0.3, 0.4) is 0 Å². The van der Waals surface area contributed by atoms with E-state index in [1.165, 1.54) is 27.8 Å². The fourth-order valence-corrected chi connectivity index (χ4v) is 5.28. The van der Waals surface area contributed by atoms with Gasteiger partial charge in [-0.1, -0.05) is 54.1 Å². The molecule has 1 aliphatic heterocycles. The van der Waals surface area contributed by atoms with Crippen LogP contribution in [0.2, 0.25) is 0 Å². The van der Waals surface area contributed by atoms with Crippen molar-refractivity contribution >= 4 is 12.1 Å². The van der Waals surface area contributed by atoms with Gasteiger partial charge in [0, 0.05) is 47.8 Å². The first-order valence-electron chi connectivity index (χ1n) is 12.9. The third-order valence-electron chi connectivity index (χ3n) is 7.27. The molecule has 0 fully saturated rings. The van der Waals surface area contributed by atoms with Gasteiger partial charge in [0.25, 0.3) is 5.91 Å². The average Bonchev–Trinajstić information content (AvgIpc) is 3.17. The molecule has 3 aromatic carbocycles. The van der Waals surface area contributed by atoms with Crippen molar-refractivity contribution in [2.24, 2.45) is 5.10 Å². The van der Waals surface area contributed by atoms with Crippen LogP contribution in [0.25, 0.3) is 5.69 Å². The average molecular weight is 491 g/mol. The SMILES string of the molecule is Cc1ccc(-n2c(C)cc(/C=N\NC(=O)c3ccc(CN4CCc5ccccc5C4)cc3)c2C)c(C)c1. The molecule has 0 saturated heterocycles. The molecular formula is C32H34N4O. The molecule has 1 aliphatic rings. The molecule has 1 amide bonds. The van der Waals surface area contributed by atoms with E-state index < -0.39 is 0 Å². The molecule has 0 unspecified atom stereocenters. The molecule has 5 rings (SSSR count). The molecule has 1 aromatic heterocycles. The molecule has 188 valence electrons. The van der Waals surface area contributed by atoms with E-state index in [1.54, 1.807) is 6.21 Å². The number of hydrogen-bond acceptors (Lipinski definition) is 3. The first-order chi connectivity index (χ1) is 17.9. The van der Waals surface area contributed by atoms with Crippen molar-refractivity contribution in [3.63, 3.8) is 0 Å². The molecule has 4 aromatic rings. The Morgan fingerprint density at radius 3 is 2.46 bits per heavy atom. The van der Waals surface area contributed by atoms with Crippen LogP contribution < -0.4 is 5.43 Å². The van der Waals surface area contributed by atoms with E-state index in [0.717, 1.165) is 48.7 Å². The van der Waals surface area contributed by atoms with Gasteiger partial charge in [-0.25, -0.2) is 5.43 Å². The van der Waals surface area contributed by atoms with Crippen LogP contribution in [0.5, 0.6) is 0 Å². The summed E-state index contributed by atoms with van der Waals surface area (Å²) in [5.41, 5.74) is 14.2. The van der Waals surface area contributed by atoms with Crippen molar-refractivity contribution in [1.29, 1.82) is 0 Å². The third-order valence-corrected chi connectivity index (χ3v) is 7.27. The largest absolute Gasteiger partial charge is 0.318 e. The maximum atomic E-state index is 12.7. The number of benzene rings is 3. The monoisotopic (exact) mass is 490 g/mol. The second kappa shape index (κ2) is 10.6. The quantitative estimate of drug-likeness (QED) is 0.265. The molecule has 0 spiro atoms. The number of carbonyl (C=O) groups excluding carboxylic acids is 1. The minimum absolute atomic E-state index is 0.210. The van der Waals surface area contributed by atoms with E-state index in [9.17, 15) is 4.79 Å². The van der Waals surface area contributed by atoms with Crippen LogP contribution in [0.4, 0.5) is 0 Å². The van der Waals surface area contributed by atoms with Crippen LogP contribution in [0.1, 0.15) is 55.1 Å². The Kier molecular flexibility index (Phi) is 7.06. The molecule has 0 atom stereocenters. The number of aromatic nitrogens is 1. The van der Waals surface area contributed by atoms with Gasteiger partial charge >= 0.3 is 0 Å². The number of amides is 1. The Balaban J connectivity index is 1.20. The Bertz CT molecular complexity index is 1460. The van der Waals surface area contributed by atoms with Gasteiger partial charge in [-0.3, -0.25) is 9.69 Å². The second-order valence-electron chi connectivity index (χ2n) is 10.1. The highest BCUT2D eigenvalue weighted by molar-refractivity contribution is 5.95. The third kappa shape index (κ3) is 5.42. The Morgan fingerprint density at radius 2 is 1.70 bits per heavy atom. The Labute approximate surface area is 219 Å². The van der Waals surface area contributed by atoms with E-state index >= 15 is 0 Å². The molecule has 0 radical (unpaired) electrons. The first-order valence-corrected chi connectivity index (χ1v) is 12.9. The molecule has 0 saturated carbocycles. The summed E-state index contributed by atoms with van der Waals surface area (Å²) in [5, 5.41) is 4.25. The lowest BCUT2D eigenvalue weighted by Crippen LogP contribution is -2.30. The summed E-state index contributed by atoms with van der Waals surface area (Å²) in [5.74, 6) is -0.210. The van der Waals surface area contributed by atoms with Crippen molar-refractivity contribution < 1.29 is 4.79 Å². The van der Waals surface area contributed by atoms with Gasteiger partial charge in [0.2, 0.25) is 0 Å². The molecule has 2 heterocycles. The number of carbonyl (C=O) groups is 1. The number of hydrogen-bond donors (Lipinski definition) is 1. The van der Waals surface area contributed by atoms with Crippen LogP contribution in [0.15, 0.2) is 77.9 Å². The summed E-state index contributed by atoms with van der Waals surface area (Å²) in [6.07, 6.45) is 2.81. The predicted octanol–water partition coefficient (Wildman–Crippen LogP) is 6.03. The fraction of sp³-hybridized carbons (Fsp3) is 0.250. The van der Waals surface area contributed by atoms with Gasteiger partial charge in [0.1, 0.15) is 0 Å². The highest BCUT2D eigenvalue weighted by atomic mass is 16.2. The van der Waals surface area contributed by atoms with Gasteiger partial charge in [0.05, 0.1) is 6.21 Å². The molecule has 37 heavy (non-hydrogen) atoms. The van der Waals surface area contributed by atoms with Gasteiger partial charge < -0.3 is 4.57 Å². The molecule has 1 N–H and O–H groups in total. The molecule has 0 bridgehead atoms. The van der Waals surface area contributed by atoms with Gasteiger partial charge in [0.15, 0.2) is 0 Å². The van der Waals surface area contributed by atoms with Crippen molar-refractivity contribution in [2.45, 2.75) is 47.2 Å². The number of hydrazone groups is 1. The van der Waals surface area contributed by atoms with E-state index in [2.05, 4.69) is 96.2 Å². The number of fused-ring (bicyclic) bond motifs is 1. The fourth-order valence-electron chi connectivity index (χ4n) is 5.28. The molecular weight excluding hydrogens is 456 g/mol. The minimum atomic E-state index is -0.210. The normalized spacial score (nSPS) is 13.6. The summed E-state index contributed by atoms with van der Waals surface area (Å²) in [7, 11) is 0. The molecule has 5 heteroatoms. The number of nitrogens with zero attached hydrogens (tertiary/aromatic N) is 3. The van der Waals surface area contributed by atoms with Gasteiger partial charge in [-0.15, -0.1) is 0 Å². The molecule has 0 aliphatic carbocycles. The zero-order valence-corrected chi connectivity index (χ0v) is 22.1. The second-order valence-corrected chi connectivity index (χ2v) is 10.1. The Morgan fingerprint density at radius 1 is 0.946 bits per heavy atom. The van der Waals surface area contributed by atoms with Crippen molar-refractivity contribution in [2.75, 3.05) is 6.54 Å². The predicted molar refractivity (Wildman–Crippen MR) is 150 cm³/mol.